The summed E-state index contributed by atoms with van der Waals surface area (Å²) in [6.07, 6.45) is 0.496. The molecule has 1 aliphatic rings. The summed E-state index contributed by atoms with van der Waals surface area (Å²) in [7, 11) is 1.65. The Morgan fingerprint density at radius 3 is 1.88 bits per heavy atom. The standard InChI is InChI=1S/C19H17Cl2NO3/c1-22(18(24)15-4-2-3-5-16(15)19(22)25)7-6-12-8-13(10-20)17(23)14(9-12)11-21/h2-5,8-9H,6-7,10-11H2,1H3/p+1. The number of halogens is 2. The zero-order valence-electron chi connectivity index (χ0n) is 13.8. The first-order valence-corrected chi connectivity index (χ1v) is 8.99. The summed E-state index contributed by atoms with van der Waals surface area (Å²) in [5.74, 6) is 0.0664. The number of hydrogen-bond donors (Lipinski definition) is 1. The smallest absolute Gasteiger partial charge is 0.354 e. The van der Waals surface area contributed by atoms with Gasteiger partial charge in [0.15, 0.2) is 0 Å². The van der Waals surface area contributed by atoms with Crippen LogP contribution in [0.3, 0.4) is 0 Å². The van der Waals surface area contributed by atoms with Gasteiger partial charge in [-0.3, -0.25) is 0 Å². The molecule has 1 aliphatic heterocycles. The fraction of sp³-hybridized carbons (Fsp3) is 0.263. The number of hydrogen-bond acceptors (Lipinski definition) is 3. The van der Waals surface area contributed by atoms with Crippen LogP contribution in [0.2, 0.25) is 0 Å². The van der Waals surface area contributed by atoms with Crippen molar-refractivity contribution >= 4 is 35.0 Å². The number of phenols is 1. The molecule has 1 N–H and O–H groups in total. The summed E-state index contributed by atoms with van der Waals surface area (Å²) in [6, 6.07) is 10.5. The molecule has 130 valence electrons. The molecule has 4 nitrogen and oxygen atoms in total. The molecule has 0 aromatic heterocycles. The predicted octanol–water partition coefficient (Wildman–Crippen LogP) is 3.85. The number of rotatable bonds is 5. The molecule has 0 bridgehead atoms. The van der Waals surface area contributed by atoms with Crippen molar-refractivity contribution in [2.75, 3.05) is 13.6 Å². The molecule has 0 saturated carbocycles. The average molecular weight is 379 g/mol. The van der Waals surface area contributed by atoms with Crippen molar-refractivity contribution in [1.29, 1.82) is 0 Å². The Morgan fingerprint density at radius 2 is 1.44 bits per heavy atom. The lowest BCUT2D eigenvalue weighted by Crippen LogP contribution is -2.50. The summed E-state index contributed by atoms with van der Waals surface area (Å²) in [5.41, 5.74) is 3.03. The zero-order valence-corrected chi connectivity index (χ0v) is 15.3. The monoisotopic (exact) mass is 378 g/mol. The zero-order chi connectivity index (χ0) is 18.2. The van der Waals surface area contributed by atoms with E-state index in [1.807, 2.05) is 0 Å². The number of aromatic hydroxyl groups is 1. The molecule has 6 heteroatoms. The average Bonchev–Trinajstić information content (AvgIpc) is 2.83. The van der Waals surface area contributed by atoms with E-state index >= 15 is 0 Å². The van der Waals surface area contributed by atoms with Gasteiger partial charge in [-0.05, 0) is 17.7 Å². The number of benzene rings is 2. The molecular formula is C19H18Cl2NO3+. The van der Waals surface area contributed by atoms with Crippen molar-refractivity contribution in [2.24, 2.45) is 0 Å². The van der Waals surface area contributed by atoms with E-state index in [0.29, 0.717) is 35.2 Å². The molecular weight excluding hydrogens is 361 g/mol. The lowest BCUT2D eigenvalue weighted by atomic mass is 10.0. The van der Waals surface area contributed by atoms with Crippen LogP contribution in [0.1, 0.15) is 37.4 Å². The second-order valence-corrected chi connectivity index (χ2v) is 6.89. The van der Waals surface area contributed by atoms with Crippen molar-refractivity contribution in [2.45, 2.75) is 18.2 Å². The first kappa shape index (κ1) is 17.9. The number of carbonyl (C=O) groups excluding carboxylic acids is 2. The first-order chi connectivity index (χ1) is 11.9. The SMILES string of the molecule is C[N+]1(CCc2cc(CCl)c(O)c(CCl)c2)C(=O)c2ccccc2C1=O. The third-order valence-electron chi connectivity index (χ3n) is 4.75. The van der Waals surface area contributed by atoms with Gasteiger partial charge in [0.1, 0.15) is 5.75 Å². The molecule has 0 atom stereocenters. The number of imide groups is 1. The van der Waals surface area contributed by atoms with Crippen LogP contribution in [0.4, 0.5) is 0 Å². The van der Waals surface area contributed by atoms with Crippen molar-refractivity contribution in [3.63, 3.8) is 0 Å². The van der Waals surface area contributed by atoms with Gasteiger partial charge in [0, 0.05) is 17.5 Å². The Balaban J connectivity index is 1.87. The molecule has 0 saturated heterocycles. The van der Waals surface area contributed by atoms with E-state index in [1.165, 1.54) is 0 Å². The Kier molecular flexibility index (Phi) is 4.87. The number of nitrogens with zero attached hydrogens (tertiary/aromatic N) is 1. The van der Waals surface area contributed by atoms with Gasteiger partial charge in [-0.2, -0.15) is 4.48 Å². The van der Waals surface area contributed by atoms with Gasteiger partial charge in [-0.25, -0.2) is 9.59 Å². The molecule has 2 amide bonds. The number of alkyl halides is 2. The highest BCUT2D eigenvalue weighted by molar-refractivity contribution is 6.18. The third-order valence-corrected chi connectivity index (χ3v) is 5.32. The first-order valence-electron chi connectivity index (χ1n) is 7.92. The quantitative estimate of drug-likeness (QED) is 0.488. The topological polar surface area (TPSA) is 54.4 Å². The molecule has 0 spiro atoms. The van der Waals surface area contributed by atoms with Crippen LogP contribution >= 0.6 is 23.2 Å². The molecule has 25 heavy (non-hydrogen) atoms. The molecule has 2 aromatic carbocycles. The lowest BCUT2D eigenvalue weighted by molar-refractivity contribution is -0.740. The molecule has 1 heterocycles. The molecule has 3 rings (SSSR count). The van der Waals surface area contributed by atoms with Gasteiger partial charge in [-0.15, -0.1) is 23.2 Å². The summed E-state index contributed by atoms with van der Waals surface area (Å²) in [4.78, 5) is 25.4. The molecule has 0 fully saturated rings. The summed E-state index contributed by atoms with van der Waals surface area (Å²) in [6.45, 7) is 0.334. The maximum atomic E-state index is 12.7. The van der Waals surface area contributed by atoms with Crippen LogP contribution < -0.4 is 0 Å². The van der Waals surface area contributed by atoms with Gasteiger partial charge in [-0.1, -0.05) is 24.3 Å². The maximum Gasteiger partial charge on any atom is 0.354 e. The van der Waals surface area contributed by atoms with Crippen molar-refractivity contribution in [3.8, 4) is 5.75 Å². The van der Waals surface area contributed by atoms with Crippen LogP contribution in [-0.2, 0) is 18.2 Å². The second kappa shape index (κ2) is 6.79. The van der Waals surface area contributed by atoms with E-state index in [1.54, 1.807) is 43.4 Å². The Bertz CT molecular complexity index is 803. The molecule has 0 unspecified atom stereocenters. The number of fused-ring (bicyclic) bond motifs is 1. The van der Waals surface area contributed by atoms with Crippen LogP contribution in [-0.4, -0.2) is 35.0 Å². The number of quaternary nitrogens is 1. The Labute approximate surface area is 156 Å². The van der Waals surface area contributed by atoms with E-state index in [2.05, 4.69) is 0 Å². The molecule has 2 aromatic rings. The lowest BCUT2D eigenvalue weighted by Gasteiger charge is -2.23. The van der Waals surface area contributed by atoms with Crippen molar-refractivity contribution in [1.82, 2.24) is 0 Å². The summed E-state index contributed by atoms with van der Waals surface area (Å²) in [5, 5.41) is 10.1. The van der Waals surface area contributed by atoms with Gasteiger partial charge in [0.2, 0.25) is 0 Å². The van der Waals surface area contributed by atoms with Crippen molar-refractivity contribution in [3.05, 3.63) is 64.2 Å². The van der Waals surface area contributed by atoms with Crippen molar-refractivity contribution < 1.29 is 19.2 Å². The van der Waals surface area contributed by atoms with Gasteiger partial charge in [0.25, 0.3) is 0 Å². The summed E-state index contributed by atoms with van der Waals surface area (Å²) >= 11 is 11.8. The van der Waals surface area contributed by atoms with Crippen LogP contribution in [0.15, 0.2) is 36.4 Å². The molecule has 0 aliphatic carbocycles. The van der Waals surface area contributed by atoms with Gasteiger partial charge < -0.3 is 5.11 Å². The minimum Gasteiger partial charge on any atom is -0.507 e. The highest BCUT2D eigenvalue weighted by Gasteiger charge is 2.50. The van der Waals surface area contributed by atoms with Crippen LogP contribution in [0.25, 0.3) is 0 Å². The van der Waals surface area contributed by atoms with Crippen LogP contribution in [0, 0.1) is 0 Å². The fourth-order valence-corrected chi connectivity index (χ4v) is 3.62. The second-order valence-electron chi connectivity index (χ2n) is 6.35. The van der Waals surface area contributed by atoms with E-state index in [9.17, 15) is 14.7 Å². The van der Waals surface area contributed by atoms with Crippen LogP contribution in [0.5, 0.6) is 5.75 Å². The highest BCUT2D eigenvalue weighted by Crippen LogP contribution is 2.31. The van der Waals surface area contributed by atoms with E-state index < -0.39 is 0 Å². The summed E-state index contributed by atoms with van der Waals surface area (Å²) < 4.78 is -0.285. The number of phenolic OH excluding ortho intramolecular Hbond substituents is 1. The van der Waals surface area contributed by atoms with Gasteiger partial charge in [0.05, 0.1) is 36.5 Å². The molecule has 0 radical (unpaired) electrons. The normalized spacial score (nSPS) is 15.5. The maximum absolute atomic E-state index is 12.7. The minimum atomic E-state index is -0.285. The van der Waals surface area contributed by atoms with E-state index in [4.69, 9.17) is 23.2 Å². The number of amides is 2. The third kappa shape index (κ3) is 2.95. The Morgan fingerprint density at radius 1 is 0.960 bits per heavy atom. The van der Waals surface area contributed by atoms with E-state index in [0.717, 1.165) is 5.56 Å². The largest absolute Gasteiger partial charge is 0.507 e. The Hall–Kier alpha value is -1.88. The van der Waals surface area contributed by atoms with Gasteiger partial charge >= 0.3 is 11.8 Å². The minimum absolute atomic E-state index is 0.106. The van der Waals surface area contributed by atoms with E-state index in [-0.39, 0.29) is 33.8 Å². The number of likely N-dealkylation sites (N-methyl/N-ethyl adjacent to an activating group) is 1. The predicted molar refractivity (Wildman–Crippen MR) is 97.1 cm³/mol. The highest BCUT2D eigenvalue weighted by atomic mass is 35.5. The fourth-order valence-electron chi connectivity index (χ4n) is 3.22. The number of carbonyl (C=O) groups is 2.